The van der Waals surface area contributed by atoms with Crippen molar-refractivity contribution in [1.82, 2.24) is 9.38 Å². The van der Waals surface area contributed by atoms with Crippen molar-refractivity contribution in [3.05, 3.63) is 63.6 Å². The number of rotatable bonds is 6. The number of anilines is 1. The van der Waals surface area contributed by atoms with Crippen LogP contribution in [-0.2, 0) is 6.42 Å². The van der Waals surface area contributed by atoms with E-state index in [2.05, 4.69) is 10.3 Å². The van der Waals surface area contributed by atoms with Crippen molar-refractivity contribution in [3.8, 4) is 5.75 Å². The van der Waals surface area contributed by atoms with Crippen molar-refractivity contribution in [2.75, 3.05) is 12.4 Å². The number of pyridine rings is 1. The highest BCUT2D eigenvalue weighted by molar-refractivity contribution is 6.04. The zero-order valence-corrected chi connectivity index (χ0v) is 15.4. The van der Waals surface area contributed by atoms with E-state index >= 15 is 0 Å². The largest absolute Gasteiger partial charge is 0.490 e. The first-order chi connectivity index (χ1) is 13.0. The van der Waals surface area contributed by atoms with Crippen LogP contribution >= 0.6 is 0 Å². The summed E-state index contributed by atoms with van der Waals surface area (Å²) in [6.07, 6.45) is 3.30. The Balaban J connectivity index is 2.02. The molecule has 2 heterocycles. The molecule has 0 bridgehead atoms. The Labute approximate surface area is 155 Å². The molecule has 0 saturated carbocycles. The van der Waals surface area contributed by atoms with Crippen molar-refractivity contribution in [3.63, 3.8) is 0 Å². The molecule has 0 unspecified atom stereocenters. The average Bonchev–Trinajstić information content (AvgIpc) is 3.01. The standard InChI is InChI=1S/C19H20N4O4/c1-4-6-14-17(22-10-5-7-12(2)18(22)21-14)19(24)20-13-8-9-16(27-3)15(11-13)23(25)26/h5,7-11H,4,6H2,1-3H3,(H,20,24). The number of nitrogens with zero attached hydrogens (tertiary/aromatic N) is 3. The number of aryl methyl sites for hydroxylation is 2. The minimum Gasteiger partial charge on any atom is -0.490 e. The van der Waals surface area contributed by atoms with Crippen molar-refractivity contribution < 1.29 is 14.5 Å². The van der Waals surface area contributed by atoms with Crippen LogP contribution in [0.25, 0.3) is 5.65 Å². The fourth-order valence-corrected chi connectivity index (χ4v) is 3.00. The molecule has 0 aliphatic carbocycles. The monoisotopic (exact) mass is 368 g/mol. The normalized spacial score (nSPS) is 10.8. The van der Waals surface area contributed by atoms with Gasteiger partial charge in [-0.1, -0.05) is 19.4 Å². The first-order valence-electron chi connectivity index (χ1n) is 8.56. The lowest BCUT2D eigenvalue weighted by molar-refractivity contribution is -0.385. The molecule has 140 valence electrons. The molecule has 27 heavy (non-hydrogen) atoms. The van der Waals surface area contributed by atoms with E-state index in [0.29, 0.717) is 23.5 Å². The van der Waals surface area contributed by atoms with Crippen molar-refractivity contribution >= 4 is 22.9 Å². The van der Waals surface area contributed by atoms with Gasteiger partial charge in [0.1, 0.15) is 11.3 Å². The summed E-state index contributed by atoms with van der Waals surface area (Å²) in [4.78, 5) is 28.2. The van der Waals surface area contributed by atoms with Crippen LogP contribution in [0.15, 0.2) is 36.5 Å². The molecule has 0 aliphatic heterocycles. The number of nitrogens with one attached hydrogen (secondary N) is 1. The zero-order chi connectivity index (χ0) is 19.6. The Morgan fingerprint density at radius 1 is 1.37 bits per heavy atom. The quantitative estimate of drug-likeness (QED) is 0.527. The lowest BCUT2D eigenvalue weighted by atomic mass is 10.2. The highest BCUT2D eigenvalue weighted by atomic mass is 16.6. The van der Waals surface area contributed by atoms with Gasteiger partial charge in [0.2, 0.25) is 0 Å². The maximum Gasteiger partial charge on any atom is 0.312 e. The minimum absolute atomic E-state index is 0.134. The number of carbonyl (C=O) groups excluding carboxylic acids is 1. The summed E-state index contributed by atoms with van der Waals surface area (Å²) in [7, 11) is 1.36. The van der Waals surface area contributed by atoms with E-state index in [1.807, 2.05) is 26.0 Å². The third kappa shape index (κ3) is 3.46. The summed E-state index contributed by atoms with van der Waals surface area (Å²) in [5.74, 6) is -0.230. The molecule has 0 radical (unpaired) electrons. The number of hydrogen-bond acceptors (Lipinski definition) is 5. The third-order valence-corrected chi connectivity index (χ3v) is 4.25. The number of benzene rings is 1. The average molecular weight is 368 g/mol. The van der Waals surface area contributed by atoms with Crippen LogP contribution in [0.2, 0.25) is 0 Å². The van der Waals surface area contributed by atoms with E-state index in [1.54, 1.807) is 16.7 Å². The van der Waals surface area contributed by atoms with Crippen LogP contribution < -0.4 is 10.1 Å². The molecule has 0 aliphatic rings. The Bertz CT molecular complexity index is 1030. The molecular weight excluding hydrogens is 348 g/mol. The van der Waals surface area contributed by atoms with E-state index in [0.717, 1.165) is 17.6 Å². The minimum atomic E-state index is -0.547. The summed E-state index contributed by atoms with van der Waals surface area (Å²) in [6, 6.07) is 8.10. The van der Waals surface area contributed by atoms with Crippen molar-refractivity contribution in [1.29, 1.82) is 0 Å². The topological polar surface area (TPSA) is 98.8 Å². The molecule has 0 fully saturated rings. The van der Waals surface area contributed by atoms with Gasteiger partial charge < -0.3 is 10.1 Å². The van der Waals surface area contributed by atoms with E-state index in [1.165, 1.54) is 19.2 Å². The Kier molecular flexibility index (Phi) is 5.07. The number of ether oxygens (including phenoxy) is 1. The molecule has 3 rings (SSSR count). The Morgan fingerprint density at radius 2 is 2.15 bits per heavy atom. The van der Waals surface area contributed by atoms with Crippen LogP contribution in [-0.4, -0.2) is 27.3 Å². The number of nitro benzene ring substituents is 1. The molecule has 1 aromatic carbocycles. The number of fused-ring (bicyclic) bond motifs is 1. The predicted octanol–water partition coefficient (Wildman–Crippen LogP) is 3.76. The maximum absolute atomic E-state index is 13.0. The Hall–Kier alpha value is -3.42. The molecular formula is C19H20N4O4. The molecule has 8 nitrogen and oxygen atoms in total. The molecule has 8 heteroatoms. The molecule has 1 N–H and O–H groups in total. The number of methoxy groups -OCH3 is 1. The highest BCUT2D eigenvalue weighted by Gasteiger charge is 2.21. The third-order valence-electron chi connectivity index (χ3n) is 4.25. The first kappa shape index (κ1) is 18.4. The van der Waals surface area contributed by atoms with E-state index < -0.39 is 4.92 Å². The summed E-state index contributed by atoms with van der Waals surface area (Å²) in [6.45, 7) is 3.96. The van der Waals surface area contributed by atoms with Gasteiger partial charge in [-0.05, 0) is 37.1 Å². The van der Waals surface area contributed by atoms with Gasteiger partial charge in [0, 0.05) is 18.0 Å². The smallest absolute Gasteiger partial charge is 0.312 e. The van der Waals surface area contributed by atoms with Crippen LogP contribution in [0, 0.1) is 17.0 Å². The van der Waals surface area contributed by atoms with Gasteiger partial charge >= 0.3 is 5.69 Å². The summed E-state index contributed by atoms with van der Waals surface area (Å²) < 4.78 is 6.75. The SMILES string of the molecule is CCCc1nc2c(C)cccn2c1C(=O)Nc1ccc(OC)c([N+](=O)[O-])c1. The van der Waals surface area contributed by atoms with Gasteiger partial charge in [-0.25, -0.2) is 4.98 Å². The molecule has 3 aromatic rings. The van der Waals surface area contributed by atoms with Crippen LogP contribution in [0.5, 0.6) is 5.75 Å². The molecule has 1 amide bonds. The van der Waals surface area contributed by atoms with Crippen LogP contribution in [0.3, 0.4) is 0 Å². The summed E-state index contributed by atoms with van der Waals surface area (Å²) in [5, 5.41) is 13.9. The fourth-order valence-electron chi connectivity index (χ4n) is 3.00. The Morgan fingerprint density at radius 3 is 2.81 bits per heavy atom. The molecule has 0 saturated heterocycles. The van der Waals surface area contributed by atoms with Gasteiger partial charge in [-0.15, -0.1) is 0 Å². The van der Waals surface area contributed by atoms with E-state index in [-0.39, 0.29) is 17.3 Å². The number of nitro groups is 1. The first-order valence-corrected chi connectivity index (χ1v) is 8.56. The fraction of sp³-hybridized carbons (Fsp3) is 0.263. The van der Waals surface area contributed by atoms with Crippen LogP contribution in [0.4, 0.5) is 11.4 Å². The van der Waals surface area contributed by atoms with Gasteiger partial charge in [-0.3, -0.25) is 19.3 Å². The number of amides is 1. The number of imidazole rings is 1. The number of hydrogen-bond donors (Lipinski definition) is 1. The van der Waals surface area contributed by atoms with Crippen molar-refractivity contribution in [2.45, 2.75) is 26.7 Å². The second-order valence-electron chi connectivity index (χ2n) is 6.14. The second-order valence-corrected chi connectivity index (χ2v) is 6.14. The van der Waals surface area contributed by atoms with Crippen LogP contribution in [0.1, 0.15) is 35.1 Å². The van der Waals surface area contributed by atoms with Gasteiger partial charge in [-0.2, -0.15) is 0 Å². The van der Waals surface area contributed by atoms with Gasteiger partial charge in [0.15, 0.2) is 5.75 Å². The highest BCUT2D eigenvalue weighted by Crippen LogP contribution is 2.30. The lowest BCUT2D eigenvalue weighted by Gasteiger charge is -2.08. The van der Waals surface area contributed by atoms with E-state index in [4.69, 9.17) is 4.74 Å². The number of carbonyl (C=O) groups is 1. The summed E-state index contributed by atoms with van der Waals surface area (Å²) in [5.41, 5.74) is 2.94. The van der Waals surface area contributed by atoms with E-state index in [9.17, 15) is 14.9 Å². The van der Waals surface area contributed by atoms with Crippen molar-refractivity contribution in [2.24, 2.45) is 0 Å². The maximum atomic E-state index is 13.0. The molecule has 0 atom stereocenters. The molecule has 2 aromatic heterocycles. The van der Waals surface area contributed by atoms with Gasteiger partial charge in [0.05, 0.1) is 17.7 Å². The lowest BCUT2D eigenvalue weighted by Crippen LogP contribution is -2.16. The van der Waals surface area contributed by atoms with Gasteiger partial charge in [0.25, 0.3) is 5.91 Å². The predicted molar refractivity (Wildman–Crippen MR) is 102 cm³/mol. The zero-order valence-electron chi connectivity index (χ0n) is 15.4. The second kappa shape index (κ2) is 7.45. The summed E-state index contributed by atoms with van der Waals surface area (Å²) >= 11 is 0. The number of aromatic nitrogens is 2. The molecule has 0 spiro atoms.